The van der Waals surface area contributed by atoms with Gasteiger partial charge in [-0.15, -0.1) is 0 Å². The van der Waals surface area contributed by atoms with Crippen molar-refractivity contribution in [1.82, 2.24) is 0 Å². The van der Waals surface area contributed by atoms with Crippen molar-refractivity contribution in [3.8, 4) is 0 Å². The molecule has 0 aliphatic rings. The Labute approximate surface area is 112 Å². The molecule has 0 aliphatic heterocycles. The van der Waals surface area contributed by atoms with Crippen molar-refractivity contribution in [2.24, 2.45) is 0 Å². The summed E-state index contributed by atoms with van der Waals surface area (Å²) in [6.45, 7) is -0.386. The van der Waals surface area contributed by atoms with Crippen LogP contribution in [0.4, 0.5) is 17.6 Å². The zero-order valence-electron chi connectivity index (χ0n) is 10.2. The van der Waals surface area contributed by atoms with Crippen LogP contribution in [0, 0.1) is 5.82 Å². The summed E-state index contributed by atoms with van der Waals surface area (Å²) < 4.78 is 77.7. The number of carbonyl (C=O) groups excluding carboxylic acids is 1. The van der Waals surface area contributed by atoms with Crippen LogP contribution in [0.3, 0.4) is 0 Å². The van der Waals surface area contributed by atoms with Gasteiger partial charge in [0.2, 0.25) is 0 Å². The number of alkyl halides is 3. The average molecular weight is 314 g/mol. The van der Waals surface area contributed by atoms with Crippen molar-refractivity contribution in [3.63, 3.8) is 0 Å². The maximum absolute atomic E-state index is 13.0. The Morgan fingerprint density at radius 3 is 2.40 bits per heavy atom. The first-order valence-electron chi connectivity index (χ1n) is 5.20. The van der Waals surface area contributed by atoms with Crippen LogP contribution in [0.15, 0.2) is 23.1 Å². The number of halogens is 4. The van der Waals surface area contributed by atoms with Gasteiger partial charge in [-0.25, -0.2) is 12.8 Å². The number of hydrogen-bond donors (Lipinski definition) is 0. The minimum Gasteiger partial charge on any atom is -0.377 e. The third-order valence-corrected chi connectivity index (χ3v) is 3.88. The van der Waals surface area contributed by atoms with Crippen LogP contribution < -0.4 is 0 Å². The van der Waals surface area contributed by atoms with E-state index in [0.29, 0.717) is 0 Å². The second-order valence-corrected chi connectivity index (χ2v) is 5.76. The second kappa shape index (κ2) is 5.88. The lowest BCUT2D eigenvalue weighted by Gasteiger charge is -2.12. The topological polar surface area (TPSA) is 60.4 Å². The van der Waals surface area contributed by atoms with Crippen LogP contribution in [-0.2, 0) is 25.8 Å². The Morgan fingerprint density at radius 2 is 1.90 bits per heavy atom. The number of benzene rings is 1. The highest BCUT2D eigenvalue weighted by atomic mass is 32.2. The summed E-state index contributed by atoms with van der Waals surface area (Å²) in [5, 5.41) is 0. The van der Waals surface area contributed by atoms with E-state index in [9.17, 15) is 30.8 Å². The summed E-state index contributed by atoms with van der Waals surface area (Å²) in [4.78, 5) is 10.1. The summed E-state index contributed by atoms with van der Waals surface area (Å²) in [6, 6.07) is 1.87. The van der Waals surface area contributed by atoms with Crippen molar-refractivity contribution in [1.29, 1.82) is 0 Å². The van der Waals surface area contributed by atoms with Crippen molar-refractivity contribution >= 4 is 15.6 Å². The molecule has 0 aromatic heterocycles. The monoisotopic (exact) mass is 314 g/mol. The van der Waals surface area contributed by atoms with Crippen LogP contribution in [0.2, 0.25) is 0 Å². The molecule has 1 aromatic rings. The van der Waals surface area contributed by atoms with E-state index in [1.54, 1.807) is 0 Å². The number of Topliss-reactive ketones (excluding diaryl/α,β-unsaturated/α-hetero) is 1. The van der Waals surface area contributed by atoms with Gasteiger partial charge in [0.05, 0.1) is 4.90 Å². The summed E-state index contributed by atoms with van der Waals surface area (Å²) in [6.07, 6.45) is -0.598. The van der Waals surface area contributed by atoms with E-state index in [0.717, 1.165) is 12.1 Å². The van der Waals surface area contributed by atoms with Crippen molar-refractivity contribution in [2.75, 3.05) is 13.7 Å². The fraction of sp³-hybridized carbons (Fsp3) is 0.364. The largest absolute Gasteiger partial charge is 0.501 e. The molecular weight excluding hydrogens is 304 g/mol. The highest BCUT2D eigenvalue weighted by Gasteiger charge is 2.48. The first-order chi connectivity index (χ1) is 9.09. The first kappa shape index (κ1) is 16.6. The number of sulfone groups is 1. The van der Waals surface area contributed by atoms with E-state index in [-0.39, 0.29) is 12.7 Å². The molecule has 9 heteroatoms. The van der Waals surface area contributed by atoms with Gasteiger partial charge in [-0.3, -0.25) is 4.79 Å². The predicted octanol–water partition coefficient (Wildman–Crippen LogP) is 1.88. The molecule has 0 aliphatic carbocycles. The minimum atomic E-state index is -5.72. The quantitative estimate of drug-likeness (QED) is 0.779. The molecule has 0 saturated heterocycles. The molecule has 4 nitrogen and oxygen atoms in total. The van der Waals surface area contributed by atoms with E-state index in [2.05, 4.69) is 4.74 Å². The van der Waals surface area contributed by atoms with Crippen molar-refractivity contribution in [3.05, 3.63) is 29.6 Å². The molecule has 0 bridgehead atoms. The fourth-order valence-electron chi connectivity index (χ4n) is 1.47. The van der Waals surface area contributed by atoms with Crippen LogP contribution in [0.5, 0.6) is 0 Å². The molecule has 0 radical (unpaired) electrons. The number of ketones is 1. The molecule has 1 rings (SSSR count). The van der Waals surface area contributed by atoms with Gasteiger partial charge in [0.1, 0.15) is 12.4 Å². The number of carbonyl (C=O) groups is 1. The first-order valence-corrected chi connectivity index (χ1v) is 6.68. The van der Waals surface area contributed by atoms with Crippen molar-refractivity contribution in [2.45, 2.75) is 16.8 Å². The van der Waals surface area contributed by atoms with E-state index in [1.807, 2.05) is 0 Å². The third kappa shape index (κ3) is 3.54. The highest BCUT2D eigenvalue weighted by Crippen LogP contribution is 2.32. The number of ether oxygens (including phenoxy) is 1. The van der Waals surface area contributed by atoms with Crippen LogP contribution >= 0.6 is 0 Å². The van der Waals surface area contributed by atoms with Gasteiger partial charge in [0, 0.05) is 13.5 Å². The Kier molecular flexibility index (Phi) is 4.87. The molecule has 0 fully saturated rings. The van der Waals surface area contributed by atoms with E-state index < -0.39 is 43.8 Å². The Morgan fingerprint density at radius 1 is 1.30 bits per heavy atom. The zero-order chi connectivity index (χ0) is 15.6. The molecule has 0 heterocycles. The average Bonchev–Trinajstić information content (AvgIpc) is 2.30. The van der Waals surface area contributed by atoms with Crippen molar-refractivity contribution < 1.29 is 35.5 Å². The molecule has 0 atom stereocenters. The van der Waals surface area contributed by atoms with Crippen LogP contribution in [0.25, 0.3) is 0 Å². The molecule has 1 aromatic carbocycles. The standard InChI is InChI=1S/C11H10F4O4S/c1-19-6-9(16)4-7-2-3-8(12)5-10(7)20(17,18)11(13,14)15/h2-3,5H,4,6H2,1H3. The molecule has 112 valence electrons. The lowest BCUT2D eigenvalue weighted by molar-refractivity contribution is -0.122. The van der Waals surface area contributed by atoms with Gasteiger partial charge in [0.15, 0.2) is 5.78 Å². The summed E-state index contributed by atoms with van der Waals surface area (Å²) in [7, 11) is -4.52. The summed E-state index contributed by atoms with van der Waals surface area (Å²) in [5.41, 5.74) is -5.99. The Hall–Kier alpha value is -1.48. The number of methoxy groups -OCH3 is 1. The predicted molar refractivity (Wildman–Crippen MR) is 60.2 cm³/mol. The Bertz CT molecular complexity index is 607. The number of hydrogen-bond acceptors (Lipinski definition) is 4. The lowest BCUT2D eigenvalue weighted by atomic mass is 10.1. The smallest absolute Gasteiger partial charge is 0.377 e. The van der Waals surface area contributed by atoms with Crippen LogP contribution in [-0.4, -0.2) is 33.4 Å². The summed E-state index contributed by atoms with van der Waals surface area (Å²) in [5.74, 6) is -1.77. The highest BCUT2D eigenvalue weighted by molar-refractivity contribution is 7.92. The lowest BCUT2D eigenvalue weighted by Crippen LogP contribution is -2.25. The van der Waals surface area contributed by atoms with E-state index in [1.165, 1.54) is 7.11 Å². The molecule has 0 N–H and O–H groups in total. The molecule has 0 amide bonds. The van der Waals surface area contributed by atoms with Gasteiger partial charge in [-0.2, -0.15) is 13.2 Å². The maximum Gasteiger partial charge on any atom is 0.501 e. The molecule has 0 unspecified atom stereocenters. The molecule has 0 saturated carbocycles. The van der Waals surface area contributed by atoms with Gasteiger partial charge >= 0.3 is 5.51 Å². The molecule has 20 heavy (non-hydrogen) atoms. The zero-order valence-corrected chi connectivity index (χ0v) is 11.0. The van der Waals surface area contributed by atoms with E-state index in [4.69, 9.17) is 0 Å². The minimum absolute atomic E-state index is 0.248. The maximum atomic E-state index is 13.0. The third-order valence-electron chi connectivity index (χ3n) is 2.32. The second-order valence-electron chi connectivity index (χ2n) is 3.85. The summed E-state index contributed by atoms with van der Waals surface area (Å²) >= 11 is 0. The SMILES string of the molecule is COCC(=O)Cc1ccc(F)cc1S(=O)(=O)C(F)(F)F. The normalized spacial score (nSPS) is 12.4. The molecule has 0 spiro atoms. The van der Waals surface area contributed by atoms with Gasteiger partial charge < -0.3 is 4.74 Å². The van der Waals surface area contributed by atoms with Gasteiger partial charge in [-0.05, 0) is 17.7 Å². The Balaban J connectivity index is 3.32. The van der Waals surface area contributed by atoms with Crippen LogP contribution in [0.1, 0.15) is 5.56 Å². The van der Waals surface area contributed by atoms with Gasteiger partial charge in [0.25, 0.3) is 9.84 Å². The molecular formula is C11H10F4O4S. The fourth-order valence-corrected chi connectivity index (χ4v) is 2.48. The van der Waals surface area contributed by atoms with Gasteiger partial charge in [-0.1, -0.05) is 6.07 Å². The van der Waals surface area contributed by atoms with E-state index >= 15 is 0 Å². The number of rotatable bonds is 5.